The summed E-state index contributed by atoms with van der Waals surface area (Å²) in [4.78, 5) is 12.9. The largest absolute Gasteiger partial charge is 0.492 e. The van der Waals surface area contributed by atoms with Gasteiger partial charge in [-0.25, -0.2) is 4.98 Å². The maximum atomic E-state index is 9.01. The molecule has 2 aromatic rings. The minimum atomic E-state index is -0.302. The molecule has 2 aromatic heterocycles. The van der Waals surface area contributed by atoms with Gasteiger partial charge in [-0.2, -0.15) is 9.97 Å². The minimum Gasteiger partial charge on any atom is -0.492 e. The molecule has 6 heteroatoms. The highest BCUT2D eigenvalue weighted by molar-refractivity contribution is 5.75. The van der Waals surface area contributed by atoms with E-state index >= 15 is 0 Å². The first-order chi connectivity index (χ1) is 5.27. The molecule has 11 heavy (non-hydrogen) atoms. The second-order valence-electron chi connectivity index (χ2n) is 1.90. The molecule has 0 aliphatic rings. The Labute approximate surface area is 60.6 Å². The van der Waals surface area contributed by atoms with Crippen LogP contribution in [0, 0.1) is 6.33 Å². The Hall–Kier alpha value is -1.85. The summed E-state index contributed by atoms with van der Waals surface area (Å²) in [6.45, 7) is 0. The molecule has 0 atom stereocenters. The standard InChI is InChI=1S/C5H3N4O2/c10-4-2-3(6-1-7-4)9-5(11)8-2/h(H3,6,7,8,9,10,11). The summed E-state index contributed by atoms with van der Waals surface area (Å²) in [5.41, 5.74) is 0.399. The van der Waals surface area contributed by atoms with Gasteiger partial charge in [0, 0.05) is 0 Å². The van der Waals surface area contributed by atoms with Crippen LogP contribution in [0.1, 0.15) is 0 Å². The highest BCUT2D eigenvalue weighted by atomic mass is 16.3. The fourth-order valence-corrected chi connectivity index (χ4v) is 0.764. The van der Waals surface area contributed by atoms with Gasteiger partial charge in [-0.05, 0) is 0 Å². The number of H-pyrrole nitrogens is 1. The molecular formula is C5H3N4O2. The van der Waals surface area contributed by atoms with E-state index in [1.165, 1.54) is 0 Å². The maximum Gasteiger partial charge on any atom is 0.293 e. The van der Waals surface area contributed by atoms with Crippen LogP contribution in [0.15, 0.2) is 0 Å². The van der Waals surface area contributed by atoms with Gasteiger partial charge in [0.1, 0.15) is 0 Å². The van der Waals surface area contributed by atoms with E-state index in [0.717, 1.165) is 0 Å². The Balaban J connectivity index is 2.90. The average molecular weight is 151 g/mol. The van der Waals surface area contributed by atoms with Crippen LogP contribution in [-0.2, 0) is 0 Å². The number of aromatic nitrogens is 4. The lowest BCUT2D eigenvalue weighted by atomic mass is 10.5. The first-order valence-corrected chi connectivity index (χ1v) is 2.79. The summed E-state index contributed by atoms with van der Waals surface area (Å²) in [7, 11) is 0. The van der Waals surface area contributed by atoms with Gasteiger partial charge in [0.15, 0.2) is 11.2 Å². The van der Waals surface area contributed by atoms with E-state index in [4.69, 9.17) is 10.2 Å². The van der Waals surface area contributed by atoms with E-state index in [9.17, 15) is 0 Å². The number of rotatable bonds is 0. The number of imidazole rings is 1. The molecule has 0 amide bonds. The number of aromatic amines is 1. The van der Waals surface area contributed by atoms with Gasteiger partial charge in [0.05, 0.1) is 0 Å². The van der Waals surface area contributed by atoms with E-state index in [0.29, 0.717) is 0 Å². The summed E-state index contributed by atoms with van der Waals surface area (Å²) >= 11 is 0. The zero-order valence-corrected chi connectivity index (χ0v) is 5.24. The Kier molecular flexibility index (Phi) is 0.974. The van der Waals surface area contributed by atoms with Gasteiger partial charge in [0.25, 0.3) is 6.01 Å². The molecule has 2 heterocycles. The van der Waals surface area contributed by atoms with Crippen LogP contribution >= 0.6 is 0 Å². The number of hydrogen-bond acceptors (Lipinski definition) is 5. The summed E-state index contributed by atoms with van der Waals surface area (Å²) in [5.74, 6) is -0.299. The van der Waals surface area contributed by atoms with Crippen molar-refractivity contribution >= 4 is 11.2 Å². The quantitative estimate of drug-likeness (QED) is 0.474. The third-order valence-electron chi connectivity index (χ3n) is 1.20. The lowest BCUT2D eigenvalue weighted by molar-refractivity contribution is 0.435. The molecule has 0 unspecified atom stereocenters. The molecule has 0 fully saturated rings. The Morgan fingerprint density at radius 1 is 1.27 bits per heavy atom. The lowest BCUT2D eigenvalue weighted by Gasteiger charge is -1.86. The maximum absolute atomic E-state index is 9.01. The van der Waals surface area contributed by atoms with Crippen molar-refractivity contribution in [3.63, 3.8) is 0 Å². The molecule has 6 nitrogen and oxygen atoms in total. The van der Waals surface area contributed by atoms with Crippen molar-refractivity contribution in [2.45, 2.75) is 0 Å². The second kappa shape index (κ2) is 1.82. The number of nitrogens with one attached hydrogen (secondary N) is 1. The van der Waals surface area contributed by atoms with Crippen LogP contribution in [0.25, 0.3) is 11.2 Å². The smallest absolute Gasteiger partial charge is 0.293 e. The molecule has 0 saturated carbocycles. The highest BCUT2D eigenvalue weighted by Crippen LogP contribution is 2.18. The first kappa shape index (κ1) is 5.90. The van der Waals surface area contributed by atoms with Crippen molar-refractivity contribution in [1.82, 2.24) is 19.9 Å². The fraction of sp³-hybridized carbons (Fsp3) is 0. The number of nitrogens with zero attached hydrogens (tertiary/aromatic N) is 3. The van der Waals surface area contributed by atoms with Crippen molar-refractivity contribution < 1.29 is 10.2 Å². The summed E-state index contributed by atoms with van der Waals surface area (Å²) < 4.78 is 0. The lowest BCUT2D eigenvalue weighted by Crippen LogP contribution is -1.80. The minimum absolute atomic E-state index is 0.140. The molecule has 3 N–H and O–H groups in total. The second-order valence-corrected chi connectivity index (χ2v) is 1.90. The molecule has 0 aliphatic heterocycles. The molecular weight excluding hydrogens is 148 g/mol. The number of aromatic hydroxyl groups is 2. The van der Waals surface area contributed by atoms with Crippen LogP contribution in [0.3, 0.4) is 0 Å². The predicted molar refractivity (Wildman–Crippen MR) is 33.8 cm³/mol. The van der Waals surface area contributed by atoms with E-state index < -0.39 is 0 Å². The third kappa shape index (κ3) is 0.759. The first-order valence-electron chi connectivity index (χ1n) is 2.79. The van der Waals surface area contributed by atoms with Gasteiger partial charge in [-0.3, -0.25) is 4.98 Å². The monoisotopic (exact) mass is 151 g/mol. The topological polar surface area (TPSA) is 94.9 Å². The summed E-state index contributed by atoms with van der Waals surface area (Å²) in [6.07, 6.45) is 2.18. The van der Waals surface area contributed by atoms with Gasteiger partial charge < -0.3 is 10.2 Å². The van der Waals surface area contributed by atoms with E-state index in [2.05, 4.69) is 26.3 Å². The molecule has 0 aliphatic carbocycles. The Morgan fingerprint density at radius 2 is 2.09 bits per heavy atom. The SMILES string of the molecule is Oc1nc2c(O)n[c]nc2[nH]1. The highest BCUT2D eigenvalue weighted by Gasteiger charge is 2.06. The van der Waals surface area contributed by atoms with Gasteiger partial charge in [-0.15, -0.1) is 0 Å². The predicted octanol–water partition coefficient (Wildman–Crippen LogP) is -0.436. The fourth-order valence-electron chi connectivity index (χ4n) is 0.764. The van der Waals surface area contributed by atoms with Crippen molar-refractivity contribution in [3.05, 3.63) is 6.33 Å². The molecule has 0 aromatic carbocycles. The van der Waals surface area contributed by atoms with Crippen LogP contribution in [0.5, 0.6) is 11.9 Å². The van der Waals surface area contributed by atoms with Crippen molar-refractivity contribution in [2.24, 2.45) is 0 Å². The molecule has 2 rings (SSSR count). The Bertz CT molecular complexity index is 396. The zero-order chi connectivity index (χ0) is 7.84. The van der Waals surface area contributed by atoms with Crippen LogP contribution < -0.4 is 0 Å². The normalized spacial score (nSPS) is 10.5. The molecule has 0 spiro atoms. The van der Waals surface area contributed by atoms with Gasteiger partial charge >= 0.3 is 0 Å². The number of hydrogen-bond donors (Lipinski definition) is 3. The third-order valence-corrected chi connectivity index (χ3v) is 1.20. The average Bonchev–Trinajstić information content (AvgIpc) is 2.31. The molecule has 0 bridgehead atoms. The van der Waals surface area contributed by atoms with E-state index in [1.807, 2.05) is 0 Å². The van der Waals surface area contributed by atoms with Gasteiger partial charge in [0.2, 0.25) is 12.2 Å². The van der Waals surface area contributed by atoms with Crippen LogP contribution in [-0.4, -0.2) is 30.1 Å². The number of fused-ring (bicyclic) bond motifs is 1. The van der Waals surface area contributed by atoms with Crippen molar-refractivity contribution in [1.29, 1.82) is 0 Å². The summed E-state index contributed by atoms with van der Waals surface area (Å²) in [6, 6.07) is -0.302. The van der Waals surface area contributed by atoms with E-state index in [-0.39, 0.29) is 23.1 Å². The van der Waals surface area contributed by atoms with Crippen LogP contribution in [0.4, 0.5) is 0 Å². The van der Waals surface area contributed by atoms with E-state index in [1.54, 1.807) is 0 Å². The van der Waals surface area contributed by atoms with Crippen molar-refractivity contribution in [3.8, 4) is 11.9 Å². The molecule has 1 radical (unpaired) electrons. The zero-order valence-electron chi connectivity index (χ0n) is 5.24. The summed E-state index contributed by atoms with van der Waals surface area (Å²) in [5, 5.41) is 17.8. The van der Waals surface area contributed by atoms with Crippen molar-refractivity contribution in [2.75, 3.05) is 0 Å². The molecule has 55 valence electrons. The van der Waals surface area contributed by atoms with Crippen LogP contribution in [0.2, 0.25) is 0 Å². The van der Waals surface area contributed by atoms with Gasteiger partial charge in [-0.1, -0.05) is 0 Å². The molecule has 0 saturated heterocycles. The Morgan fingerprint density at radius 3 is 2.82 bits per heavy atom.